The molecular formula is C18H18BrN3O2. The third-order valence-corrected chi connectivity index (χ3v) is 5.03. The second-order valence-corrected chi connectivity index (χ2v) is 6.77. The van der Waals surface area contributed by atoms with Crippen LogP contribution in [0.2, 0.25) is 0 Å². The van der Waals surface area contributed by atoms with Gasteiger partial charge in [-0.25, -0.2) is 0 Å². The minimum absolute atomic E-state index is 0.0187. The molecule has 6 heteroatoms. The molecule has 1 aliphatic rings. The quantitative estimate of drug-likeness (QED) is 0.876. The van der Waals surface area contributed by atoms with E-state index < -0.39 is 0 Å². The Labute approximate surface area is 149 Å². The summed E-state index contributed by atoms with van der Waals surface area (Å²) in [5.41, 5.74) is 2.92. The van der Waals surface area contributed by atoms with Crippen LogP contribution in [0, 0.1) is 12.8 Å². The molecule has 1 unspecified atom stereocenters. The number of nitrogens with zero attached hydrogens (tertiary/aromatic N) is 2. The molecule has 1 saturated heterocycles. The Morgan fingerprint density at radius 1 is 1.33 bits per heavy atom. The normalized spacial score (nSPS) is 17.2. The molecule has 1 N–H and O–H groups in total. The Bertz CT molecular complexity index is 764. The zero-order chi connectivity index (χ0) is 17.1. The van der Waals surface area contributed by atoms with Gasteiger partial charge in [0, 0.05) is 42.1 Å². The van der Waals surface area contributed by atoms with Gasteiger partial charge < -0.3 is 10.2 Å². The fourth-order valence-electron chi connectivity index (χ4n) is 2.72. The van der Waals surface area contributed by atoms with Gasteiger partial charge in [0.1, 0.15) is 0 Å². The number of aromatic nitrogens is 1. The van der Waals surface area contributed by atoms with E-state index in [2.05, 4.69) is 26.2 Å². The Morgan fingerprint density at radius 2 is 2.08 bits per heavy atom. The summed E-state index contributed by atoms with van der Waals surface area (Å²) >= 11 is 3.49. The van der Waals surface area contributed by atoms with Gasteiger partial charge in [-0.05, 0) is 42.3 Å². The van der Waals surface area contributed by atoms with Crippen LogP contribution in [-0.4, -0.2) is 23.3 Å². The first-order chi connectivity index (χ1) is 11.5. The van der Waals surface area contributed by atoms with Gasteiger partial charge in [0.2, 0.25) is 11.8 Å². The standard InChI is InChI=1S/C18H18BrN3O2/c1-12-2-3-15(9-16(12)19)22-11-14(8-17(22)23)18(24)21-10-13-4-6-20-7-5-13/h2-7,9,14H,8,10-11H2,1H3,(H,21,24). The van der Waals surface area contributed by atoms with Crippen LogP contribution in [0.3, 0.4) is 0 Å². The van der Waals surface area contributed by atoms with Crippen molar-refractivity contribution in [2.75, 3.05) is 11.4 Å². The first kappa shape index (κ1) is 16.6. The molecule has 1 fully saturated rings. The summed E-state index contributed by atoms with van der Waals surface area (Å²) in [6, 6.07) is 9.51. The van der Waals surface area contributed by atoms with Crippen LogP contribution < -0.4 is 10.2 Å². The second-order valence-electron chi connectivity index (χ2n) is 5.91. The van der Waals surface area contributed by atoms with Crippen LogP contribution >= 0.6 is 15.9 Å². The molecule has 0 saturated carbocycles. The van der Waals surface area contributed by atoms with Crippen molar-refractivity contribution >= 4 is 33.4 Å². The SMILES string of the molecule is Cc1ccc(N2CC(C(=O)NCc3ccncc3)CC2=O)cc1Br. The predicted octanol–water partition coefficient (Wildman–Crippen LogP) is 2.82. The number of nitrogens with one attached hydrogen (secondary N) is 1. The van der Waals surface area contributed by atoms with Crippen LogP contribution in [0.25, 0.3) is 0 Å². The zero-order valence-corrected chi connectivity index (χ0v) is 14.9. The van der Waals surface area contributed by atoms with E-state index in [1.54, 1.807) is 17.3 Å². The molecule has 0 radical (unpaired) electrons. The third kappa shape index (κ3) is 3.64. The number of carbonyl (C=O) groups excluding carboxylic acids is 2. The molecule has 3 rings (SSSR count). The lowest BCUT2D eigenvalue weighted by Gasteiger charge is -2.17. The molecule has 0 bridgehead atoms. The topological polar surface area (TPSA) is 62.3 Å². The highest BCUT2D eigenvalue weighted by atomic mass is 79.9. The maximum atomic E-state index is 12.3. The van der Waals surface area contributed by atoms with Gasteiger partial charge in [-0.1, -0.05) is 22.0 Å². The molecule has 0 spiro atoms. The molecule has 1 atom stereocenters. The summed E-state index contributed by atoms with van der Waals surface area (Å²) in [5, 5.41) is 2.90. The Kier molecular flexibility index (Phi) is 4.94. The summed E-state index contributed by atoms with van der Waals surface area (Å²) in [6.45, 7) is 2.85. The largest absolute Gasteiger partial charge is 0.352 e. The Morgan fingerprint density at radius 3 is 2.79 bits per heavy atom. The van der Waals surface area contributed by atoms with E-state index in [-0.39, 0.29) is 24.2 Å². The van der Waals surface area contributed by atoms with Crippen molar-refractivity contribution in [1.29, 1.82) is 0 Å². The maximum absolute atomic E-state index is 12.3. The lowest BCUT2D eigenvalue weighted by Crippen LogP contribution is -2.32. The molecule has 2 heterocycles. The molecular weight excluding hydrogens is 370 g/mol. The van der Waals surface area contributed by atoms with Crippen molar-refractivity contribution < 1.29 is 9.59 Å². The number of hydrogen-bond donors (Lipinski definition) is 1. The van der Waals surface area contributed by atoms with Crippen molar-refractivity contribution in [3.8, 4) is 0 Å². The minimum atomic E-state index is -0.320. The molecule has 124 valence electrons. The smallest absolute Gasteiger partial charge is 0.227 e. The van der Waals surface area contributed by atoms with Crippen LogP contribution in [0.5, 0.6) is 0 Å². The zero-order valence-electron chi connectivity index (χ0n) is 13.3. The van der Waals surface area contributed by atoms with E-state index >= 15 is 0 Å². The maximum Gasteiger partial charge on any atom is 0.227 e. The number of amides is 2. The lowest BCUT2D eigenvalue weighted by molar-refractivity contribution is -0.126. The fourth-order valence-corrected chi connectivity index (χ4v) is 3.08. The number of aryl methyl sites for hydroxylation is 1. The fraction of sp³-hybridized carbons (Fsp3) is 0.278. The van der Waals surface area contributed by atoms with Crippen LogP contribution in [0.15, 0.2) is 47.2 Å². The second kappa shape index (κ2) is 7.13. The van der Waals surface area contributed by atoms with Crippen LogP contribution in [0.1, 0.15) is 17.5 Å². The molecule has 5 nitrogen and oxygen atoms in total. The van der Waals surface area contributed by atoms with E-state index in [1.165, 1.54) is 0 Å². The van der Waals surface area contributed by atoms with E-state index in [0.29, 0.717) is 13.1 Å². The van der Waals surface area contributed by atoms with Crippen LogP contribution in [0.4, 0.5) is 5.69 Å². The predicted molar refractivity (Wildman–Crippen MR) is 95.4 cm³/mol. The number of rotatable bonds is 4. The van der Waals surface area contributed by atoms with Gasteiger partial charge in [0.05, 0.1) is 5.92 Å². The molecule has 0 aliphatic carbocycles. The summed E-state index contributed by atoms with van der Waals surface area (Å²) in [7, 11) is 0. The highest BCUT2D eigenvalue weighted by molar-refractivity contribution is 9.10. The number of benzene rings is 1. The van der Waals surface area contributed by atoms with Crippen molar-refractivity contribution in [2.24, 2.45) is 5.92 Å². The number of pyridine rings is 1. The molecule has 2 amide bonds. The highest BCUT2D eigenvalue weighted by Crippen LogP contribution is 2.29. The van der Waals surface area contributed by atoms with E-state index in [1.807, 2.05) is 37.3 Å². The molecule has 1 aliphatic heterocycles. The highest BCUT2D eigenvalue weighted by Gasteiger charge is 2.35. The summed E-state index contributed by atoms with van der Waals surface area (Å²) < 4.78 is 0.957. The van der Waals surface area contributed by atoms with Crippen molar-refractivity contribution in [3.05, 3.63) is 58.3 Å². The number of hydrogen-bond acceptors (Lipinski definition) is 3. The summed E-state index contributed by atoms with van der Waals surface area (Å²) in [6.07, 6.45) is 3.63. The monoisotopic (exact) mass is 387 g/mol. The van der Waals surface area contributed by atoms with Crippen molar-refractivity contribution in [1.82, 2.24) is 10.3 Å². The Balaban J connectivity index is 1.63. The van der Waals surface area contributed by atoms with Crippen molar-refractivity contribution in [3.63, 3.8) is 0 Å². The molecule has 1 aromatic carbocycles. The minimum Gasteiger partial charge on any atom is -0.352 e. The third-order valence-electron chi connectivity index (χ3n) is 4.18. The molecule has 2 aromatic rings. The molecule has 24 heavy (non-hydrogen) atoms. The van der Waals surface area contributed by atoms with E-state index in [0.717, 1.165) is 21.3 Å². The van der Waals surface area contributed by atoms with Gasteiger partial charge in [0.25, 0.3) is 0 Å². The molecule has 1 aromatic heterocycles. The van der Waals surface area contributed by atoms with Crippen LogP contribution in [-0.2, 0) is 16.1 Å². The number of carbonyl (C=O) groups is 2. The summed E-state index contributed by atoms with van der Waals surface area (Å²) in [5.74, 6) is -0.428. The van der Waals surface area contributed by atoms with Gasteiger partial charge in [-0.15, -0.1) is 0 Å². The van der Waals surface area contributed by atoms with Gasteiger partial charge >= 0.3 is 0 Å². The average Bonchev–Trinajstić information content (AvgIpc) is 2.98. The van der Waals surface area contributed by atoms with Gasteiger partial charge in [0.15, 0.2) is 0 Å². The average molecular weight is 388 g/mol. The Hall–Kier alpha value is -2.21. The van der Waals surface area contributed by atoms with E-state index in [9.17, 15) is 9.59 Å². The van der Waals surface area contributed by atoms with Gasteiger partial charge in [-0.2, -0.15) is 0 Å². The first-order valence-corrected chi connectivity index (χ1v) is 8.57. The summed E-state index contributed by atoms with van der Waals surface area (Å²) in [4.78, 5) is 30.3. The number of halogens is 1. The van der Waals surface area contributed by atoms with Gasteiger partial charge in [-0.3, -0.25) is 14.6 Å². The van der Waals surface area contributed by atoms with E-state index in [4.69, 9.17) is 0 Å². The number of anilines is 1. The first-order valence-electron chi connectivity index (χ1n) is 7.77. The van der Waals surface area contributed by atoms with Crippen molar-refractivity contribution in [2.45, 2.75) is 19.9 Å². The lowest BCUT2D eigenvalue weighted by atomic mass is 10.1.